The summed E-state index contributed by atoms with van der Waals surface area (Å²) in [5.41, 5.74) is 0.627. The van der Waals surface area contributed by atoms with Gasteiger partial charge in [-0.2, -0.15) is 0 Å². The van der Waals surface area contributed by atoms with Crippen LogP contribution in [0.25, 0.3) is 0 Å². The van der Waals surface area contributed by atoms with E-state index in [0.29, 0.717) is 18.7 Å². The van der Waals surface area contributed by atoms with Crippen molar-refractivity contribution in [1.29, 1.82) is 0 Å². The first kappa shape index (κ1) is 11.9. The maximum Gasteiger partial charge on any atom is 0.304 e. The third-order valence-corrected chi connectivity index (χ3v) is 2.29. The van der Waals surface area contributed by atoms with Gasteiger partial charge in [-0.25, -0.2) is 4.39 Å². The minimum atomic E-state index is -0.868. The molecule has 15 heavy (non-hydrogen) atoms. The lowest BCUT2D eigenvalue weighted by molar-refractivity contribution is -0.136. The molecule has 0 amide bonds. The Morgan fingerprint density at radius 1 is 1.53 bits per heavy atom. The summed E-state index contributed by atoms with van der Waals surface area (Å²) in [7, 11) is 0. The number of hydrogen-bond donors (Lipinski definition) is 2. The average molecular weight is 232 g/mol. The summed E-state index contributed by atoms with van der Waals surface area (Å²) in [6.07, 6.45) is 0.0347. The summed E-state index contributed by atoms with van der Waals surface area (Å²) in [4.78, 5) is 10.2. The molecule has 1 aromatic carbocycles. The first-order valence-corrected chi connectivity index (χ1v) is 4.84. The van der Waals surface area contributed by atoms with Crippen LogP contribution in [0.4, 0.5) is 4.39 Å². The Labute approximate surface area is 91.9 Å². The van der Waals surface area contributed by atoms with E-state index in [2.05, 4.69) is 5.32 Å². The highest BCUT2D eigenvalue weighted by Gasteiger charge is 2.04. The second kappa shape index (κ2) is 5.68. The summed E-state index contributed by atoms with van der Waals surface area (Å²) in [6.45, 7) is 0.700. The van der Waals surface area contributed by atoms with Gasteiger partial charge in [-0.1, -0.05) is 23.7 Å². The fourth-order valence-corrected chi connectivity index (χ4v) is 1.30. The van der Waals surface area contributed by atoms with E-state index in [-0.39, 0.29) is 11.4 Å². The number of benzene rings is 1. The molecule has 0 saturated heterocycles. The van der Waals surface area contributed by atoms with Gasteiger partial charge in [-0.3, -0.25) is 4.79 Å². The van der Waals surface area contributed by atoms with E-state index in [9.17, 15) is 9.18 Å². The van der Waals surface area contributed by atoms with Crippen molar-refractivity contribution < 1.29 is 14.3 Å². The highest BCUT2D eigenvalue weighted by atomic mass is 35.5. The van der Waals surface area contributed by atoms with Crippen LogP contribution in [-0.2, 0) is 11.3 Å². The van der Waals surface area contributed by atoms with Crippen molar-refractivity contribution in [3.63, 3.8) is 0 Å². The van der Waals surface area contributed by atoms with E-state index in [0.717, 1.165) is 0 Å². The van der Waals surface area contributed by atoms with Crippen LogP contribution in [0.1, 0.15) is 12.0 Å². The molecule has 0 fully saturated rings. The Morgan fingerprint density at radius 3 is 2.93 bits per heavy atom. The standard InChI is InChI=1S/C10H11ClFNO2/c11-10-7(2-1-3-8(10)12)6-13-5-4-9(14)15/h1-3,13H,4-6H2,(H,14,15). The van der Waals surface area contributed by atoms with Crippen LogP contribution in [0, 0.1) is 5.82 Å². The molecule has 0 radical (unpaired) electrons. The molecule has 5 heteroatoms. The molecule has 0 spiro atoms. The van der Waals surface area contributed by atoms with Crippen molar-refractivity contribution in [1.82, 2.24) is 5.32 Å². The van der Waals surface area contributed by atoms with Gasteiger partial charge in [0.15, 0.2) is 0 Å². The van der Waals surface area contributed by atoms with Crippen LogP contribution in [0.2, 0.25) is 5.02 Å². The van der Waals surface area contributed by atoms with Gasteiger partial charge in [-0.05, 0) is 11.6 Å². The van der Waals surface area contributed by atoms with Crippen LogP contribution in [0.3, 0.4) is 0 Å². The maximum atomic E-state index is 13.0. The molecule has 1 aromatic rings. The molecule has 1 rings (SSSR count). The molecule has 0 aromatic heterocycles. The summed E-state index contributed by atoms with van der Waals surface area (Å²) in [5.74, 6) is -1.33. The number of rotatable bonds is 5. The van der Waals surface area contributed by atoms with Crippen molar-refractivity contribution in [2.75, 3.05) is 6.54 Å². The second-order valence-electron chi connectivity index (χ2n) is 3.03. The molecular formula is C10H11ClFNO2. The molecule has 2 N–H and O–H groups in total. The molecular weight excluding hydrogens is 221 g/mol. The lowest BCUT2D eigenvalue weighted by atomic mass is 10.2. The monoisotopic (exact) mass is 231 g/mol. The molecule has 0 heterocycles. The van der Waals surface area contributed by atoms with Gasteiger partial charge in [0, 0.05) is 13.1 Å². The van der Waals surface area contributed by atoms with Crippen molar-refractivity contribution in [2.24, 2.45) is 0 Å². The molecule has 3 nitrogen and oxygen atoms in total. The lowest BCUT2D eigenvalue weighted by Gasteiger charge is -2.05. The van der Waals surface area contributed by atoms with Crippen molar-refractivity contribution in [3.05, 3.63) is 34.6 Å². The average Bonchev–Trinajstić information content (AvgIpc) is 2.18. The zero-order chi connectivity index (χ0) is 11.3. The number of nitrogens with one attached hydrogen (secondary N) is 1. The number of carboxylic acid groups (broad SMARTS) is 1. The predicted octanol–water partition coefficient (Wildman–Crippen LogP) is 2.04. The summed E-state index contributed by atoms with van der Waals surface area (Å²) >= 11 is 5.70. The van der Waals surface area contributed by atoms with Crippen molar-refractivity contribution in [3.8, 4) is 0 Å². The van der Waals surface area contributed by atoms with Gasteiger partial charge in [0.25, 0.3) is 0 Å². The molecule has 0 unspecified atom stereocenters. The Kier molecular flexibility index (Phi) is 4.52. The van der Waals surface area contributed by atoms with Crippen LogP contribution >= 0.6 is 11.6 Å². The Bertz CT molecular complexity index is 357. The third kappa shape index (κ3) is 3.85. The van der Waals surface area contributed by atoms with Gasteiger partial charge in [0.05, 0.1) is 11.4 Å². The number of aliphatic carboxylic acids is 1. The quantitative estimate of drug-likeness (QED) is 0.763. The van der Waals surface area contributed by atoms with Crippen LogP contribution in [0.15, 0.2) is 18.2 Å². The highest BCUT2D eigenvalue weighted by Crippen LogP contribution is 2.19. The fraction of sp³-hybridized carbons (Fsp3) is 0.300. The Morgan fingerprint density at radius 2 is 2.27 bits per heavy atom. The Hall–Kier alpha value is -1.13. The van der Waals surface area contributed by atoms with Crippen molar-refractivity contribution >= 4 is 17.6 Å². The van der Waals surface area contributed by atoms with Gasteiger partial charge in [0.2, 0.25) is 0 Å². The summed E-state index contributed by atoms with van der Waals surface area (Å²) in [6, 6.07) is 4.54. The van der Waals surface area contributed by atoms with E-state index in [1.54, 1.807) is 12.1 Å². The normalized spacial score (nSPS) is 10.3. The molecule has 0 aliphatic carbocycles. The topological polar surface area (TPSA) is 49.3 Å². The van der Waals surface area contributed by atoms with Gasteiger partial charge < -0.3 is 10.4 Å². The number of carbonyl (C=O) groups is 1. The van der Waals surface area contributed by atoms with Crippen LogP contribution in [-0.4, -0.2) is 17.6 Å². The number of halogens is 2. The SMILES string of the molecule is O=C(O)CCNCc1cccc(F)c1Cl. The molecule has 0 aliphatic rings. The summed E-state index contributed by atoms with van der Waals surface area (Å²) in [5, 5.41) is 11.3. The third-order valence-electron chi connectivity index (χ3n) is 1.86. The number of hydrogen-bond acceptors (Lipinski definition) is 2. The van der Waals surface area contributed by atoms with E-state index in [1.165, 1.54) is 6.07 Å². The van der Waals surface area contributed by atoms with E-state index < -0.39 is 11.8 Å². The van der Waals surface area contributed by atoms with E-state index in [1.807, 2.05) is 0 Å². The largest absolute Gasteiger partial charge is 0.481 e. The zero-order valence-electron chi connectivity index (χ0n) is 7.96. The molecule has 0 saturated carbocycles. The Balaban J connectivity index is 2.44. The van der Waals surface area contributed by atoms with E-state index in [4.69, 9.17) is 16.7 Å². The van der Waals surface area contributed by atoms with Gasteiger partial charge >= 0.3 is 5.97 Å². The minimum absolute atomic E-state index is 0.0347. The van der Waals surface area contributed by atoms with Crippen molar-refractivity contribution in [2.45, 2.75) is 13.0 Å². The van der Waals surface area contributed by atoms with Crippen LogP contribution in [0.5, 0.6) is 0 Å². The van der Waals surface area contributed by atoms with E-state index >= 15 is 0 Å². The zero-order valence-corrected chi connectivity index (χ0v) is 8.72. The van der Waals surface area contributed by atoms with Gasteiger partial charge in [-0.15, -0.1) is 0 Å². The molecule has 0 bridgehead atoms. The first-order valence-electron chi connectivity index (χ1n) is 4.46. The fourth-order valence-electron chi connectivity index (χ4n) is 1.10. The predicted molar refractivity (Wildman–Crippen MR) is 55.4 cm³/mol. The smallest absolute Gasteiger partial charge is 0.304 e. The summed E-state index contributed by atoms with van der Waals surface area (Å²) < 4.78 is 13.0. The van der Waals surface area contributed by atoms with Gasteiger partial charge in [0.1, 0.15) is 5.82 Å². The second-order valence-corrected chi connectivity index (χ2v) is 3.41. The first-order chi connectivity index (χ1) is 7.11. The molecule has 0 atom stereocenters. The molecule has 82 valence electrons. The maximum absolute atomic E-state index is 13.0. The minimum Gasteiger partial charge on any atom is -0.481 e. The number of carboxylic acids is 1. The molecule has 0 aliphatic heterocycles. The lowest BCUT2D eigenvalue weighted by Crippen LogP contribution is -2.17. The van der Waals surface area contributed by atoms with Crippen LogP contribution < -0.4 is 5.32 Å². The highest BCUT2D eigenvalue weighted by molar-refractivity contribution is 6.31.